The van der Waals surface area contributed by atoms with E-state index in [1.165, 1.54) is 29.2 Å². The van der Waals surface area contributed by atoms with Crippen molar-refractivity contribution in [3.05, 3.63) is 77.4 Å². The summed E-state index contributed by atoms with van der Waals surface area (Å²) in [6.07, 6.45) is 2.66. The van der Waals surface area contributed by atoms with Gasteiger partial charge in [-0.2, -0.15) is 5.10 Å². The van der Waals surface area contributed by atoms with E-state index in [0.717, 1.165) is 36.2 Å². The summed E-state index contributed by atoms with van der Waals surface area (Å²) < 4.78 is 14.8. The average Bonchev–Trinajstić information content (AvgIpc) is 3.32. The molecule has 4 rings (SSSR count). The van der Waals surface area contributed by atoms with Gasteiger partial charge in [0.25, 0.3) is 5.91 Å². The highest BCUT2D eigenvalue weighted by atomic mass is 19.1. The van der Waals surface area contributed by atoms with Gasteiger partial charge in [-0.05, 0) is 55.7 Å². The molecule has 148 valence electrons. The second-order valence-corrected chi connectivity index (χ2v) is 7.09. The molecule has 29 heavy (non-hydrogen) atoms. The number of likely N-dealkylation sites (N-methyl/N-ethyl adjacent to an activating group) is 1. The highest BCUT2D eigenvalue weighted by Crippen LogP contribution is 2.28. The van der Waals surface area contributed by atoms with Gasteiger partial charge in [-0.15, -0.1) is 0 Å². The fraction of sp³-hybridized carbons (Fsp3) is 0.227. The largest absolute Gasteiger partial charge is 0.331 e. The van der Waals surface area contributed by atoms with Crippen LogP contribution in [0.4, 0.5) is 10.1 Å². The standard InChI is InChI=1S/C22H21FN4O2/c1-26(14-20(28)24-16-12-10-15(23)11-13-16)22(29)21-18-8-5-9-19(18)27(25-21)17-6-3-2-4-7-17/h2-4,6-7,10-13H,5,8-9,14H2,1H3,(H,24,28). The molecule has 1 aliphatic carbocycles. The van der Waals surface area contributed by atoms with E-state index in [2.05, 4.69) is 10.4 Å². The first kappa shape index (κ1) is 18.9. The predicted molar refractivity (Wildman–Crippen MR) is 108 cm³/mol. The van der Waals surface area contributed by atoms with Gasteiger partial charge in [-0.1, -0.05) is 18.2 Å². The van der Waals surface area contributed by atoms with Gasteiger partial charge < -0.3 is 10.2 Å². The Labute approximate surface area is 167 Å². The lowest BCUT2D eigenvalue weighted by Crippen LogP contribution is -2.35. The highest BCUT2D eigenvalue weighted by molar-refractivity contribution is 5.99. The number of para-hydroxylation sites is 1. The van der Waals surface area contributed by atoms with Gasteiger partial charge in [0.05, 0.1) is 12.2 Å². The monoisotopic (exact) mass is 392 g/mol. The number of nitrogens with one attached hydrogen (secondary N) is 1. The van der Waals surface area contributed by atoms with E-state index >= 15 is 0 Å². The maximum absolute atomic E-state index is 13.0. The van der Waals surface area contributed by atoms with Crippen LogP contribution in [-0.4, -0.2) is 40.1 Å². The molecule has 1 N–H and O–H groups in total. The van der Waals surface area contributed by atoms with E-state index < -0.39 is 0 Å². The number of rotatable bonds is 5. The van der Waals surface area contributed by atoms with E-state index in [1.54, 1.807) is 7.05 Å². The van der Waals surface area contributed by atoms with Crippen LogP contribution in [0.5, 0.6) is 0 Å². The Balaban J connectivity index is 1.50. The number of benzene rings is 2. The van der Waals surface area contributed by atoms with Crippen LogP contribution >= 0.6 is 0 Å². The third kappa shape index (κ3) is 3.89. The average molecular weight is 392 g/mol. The van der Waals surface area contributed by atoms with Gasteiger partial charge in [0.2, 0.25) is 5.91 Å². The SMILES string of the molecule is CN(CC(=O)Nc1ccc(F)cc1)C(=O)c1nn(-c2ccccc2)c2c1CCC2. The minimum absolute atomic E-state index is 0.122. The molecule has 3 aromatic rings. The van der Waals surface area contributed by atoms with E-state index in [1.807, 2.05) is 35.0 Å². The van der Waals surface area contributed by atoms with Crippen LogP contribution in [-0.2, 0) is 17.6 Å². The molecule has 7 heteroatoms. The van der Waals surface area contributed by atoms with Crippen LogP contribution < -0.4 is 5.32 Å². The van der Waals surface area contributed by atoms with E-state index in [9.17, 15) is 14.0 Å². The predicted octanol–water partition coefficient (Wildman–Crippen LogP) is 3.21. The second kappa shape index (κ2) is 7.87. The summed E-state index contributed by atoms with van der Waals surface area (Å²) in [4.78, 5) is 26.6. The molecule has 2 amide bonds. The first-order valence-corrected chi connectivity index (χ1v) is 9.50. The van der Waals surface area contributed by atoms with Crippen molar-refractivity contribution in [2.45, 2.75) is 19.3 Å². The molecule has 6 nitrogen and oxygen atoms in total. The summed E-state index contributed by atoms with van der Waals surface area (Å²) >= 11 is 0. The topological polar surface area (TPSA) is 67.2 Å². The summed E-state index contributed by atoms with van der Waals surface area (Å²) in [6.45, 7) is -0.122. The molecule has 0 unspecified atom stereocenters. The number of amides is 2. The number of fused-ring (bicyclic) bond motifs is 1. The van der Waals surface area contributed by atoms with Crippen molar-refractivity contribution in [3.63, 3.8) is 0 Å². The van der Waals surface area contributed by atoms with Crippen LogP contribution in [0.25, 0.3) is 5.69 Å². The van der Waals surface area contributed by atoms with Crippen molar-refractivity contribution in [2.24, 2.45) is 0 Å². The number of anilines is 1. The molecule has 0 bridgehead atoms. The molecule has 1 aliphatic rings. The molecule has 0 saturated heterocycles. The minimum Gasteiger partial charge on any atom is -0.331 e. The molecule has 0 atom stereocenters. The third-order valence-corrected chi connectivity index (χ3v) is 4.99. The summed E-state index contributed by atoms with van der Waals surface area (Å²) in [5.41, 5.74) is 3.82. The van der Waals surface area contributed by atoms with Gasteiger partial charge in [0.15, 0.2) is 5.69 Å². The molecular formula is C22H21FN4O2. The third-order valence-electron chi connectivity index (χ3n) is 4.99. The molecule has 0 fully saturated rings. The molecule has 2 aromatic carbocycles. The van der Waals surface area contributed by atoms with Crippen molar-refractivity contribution < 1.29 is 14.0 Å². The zero-order valence-electron chi connectivity index (χ0n) is 16.1. The summed E-state index contributed by atoms with van der Waals surface area (Å²) in [6, 6.07) is 15.2. The zero-order chi connectivity index (χ0) is 20.4. The van der Waals surface area contributed by atoms with E-state index in [-0.39, 0.29) is 24.2 Å². The van der Waals surface area contributed by atoms with Gasteiger partial charge in [0, 0.05) is 24.0 Å². The number of halogens is 1. The number of carbonyl (C=O) groups excluding carboxylic acids is 2. The Hall–Kier alpha value is -3.48. The van der Waals surface area contributed by atoms with Crippen LogP contribution in [0.2, 0.25) is 0 Å². The number of hydrogen-bond acceptors (Lipinski definition) is 3. The maximum atomic E-state index is 13.0. The van der Waals surface area contributed by atoms with Crippen molar-refractivity contribution in [3.8, 4) is 5.69 Å². The van der Waals surface area contributed by atoms with Crippen molar-refractivity contribution in [2.75, 3.05) is 18.9 Å². The molecule has 1 aromatic heterocycles. The van der Waals surface area contributed by atoms with E-state index in [0.29, 0.717) is 11.4 Å². The summed E-state index contributed by atoms with van der Waals surface area (Å²) in [5, 5.41) is 7.24. The molecular weight excluding hydrogens is 371 g/mol. The van der Waals surface area contributed by atoms with Crippen LogP contribution in [0.15, 0.2) is 54.6 Å². The Bertz CT molecular complexity index is 1040. The second-order valence-electron chi connectivity index (χ2n) is 7.09. The molecule has 0 spiro atoms. The number of carbonyl (C=O) groups is 2. The van der Waals surface area contributed by atoms with Crippen molar-refractivity contribution in [1.82, 2.24) is 14.7 Å². The smallest absolute Gasteiger partial charge is 0.274 e. The number of aromatic nitrogens is 2. The number of hydrogen-bond donors (Lipinski definition) is 1. The van der Waals surface area contributed by atoms with Crippen molar-refractivity contribution in [1.29, 1.82) is 0 Å². The van der Waals surface area contributed by atoms with Gasteiger partial charge in [-0.3, -0.25) is 9.59 Å². The first-order valence-electron chi connectivity index (χ1n) is 9.50. The lowest BCUT2D eigenvalue weighted by atomic mass is 10.2. The first-order chi connectivity index (χ1) is 14.0. The van der Waals surface area contributed by atoms with Gasteiger partial charge in [-0.25, -0.2) is 9.07 Å². The molecule has 0 saturated carbocycles. The molecule has 0 radical (unpaired) electrons. The molecule has 1 heterocycles. The minimum atomic E-state index is -0.377. The van der Waals surface area contributed by atoms with E-state index in [4.69, 9.17) is 0 Å². The number of nitrogens with zero attached hydrogens (tertiary/aromatic N) is 3. The quantitative estimate of drug-likeness (QED) is 0.725. The lowest BCUT2D eigenvalue weighted by Gasteiger charge is -2.16. The maximum Gasteiger partial charge on any atom is 0.274 e. The Morgan fingerprint density at radius 1 is 1.10 bits per heavy atom. The summed E-state index contributed by atoms with van der Waals surface area (Å²) in [5.74, 6) is -1.02. The Morgan fingerprint density at radius 2 is 1.83 bits per heavy atom. The van der Waals surface area contributed by atoms with Crippen LogP contribution in [0.3, 0.4) is 0 Å². The van der Waals surface area contributed by atoms with Gasteiger partial charge in [0.1, 0.15) is 5.82 Å². The zero-order valence-corrected chi connectivity index (χ0v) is 16.1. The normalized spacial score (nSPS) is 12.5. The molecule has 0 aliphatic heterocycles. The fourth-order valence-corrected chi connectivity index (χ4v) is 3.59. The van der Waals surface area contributed by atoms with Crippen LogP contribution in [0.1, 0.15) is 28.2 Å². The van der Waals surface area contributed by atoms with Gasteiger partial charge >= 0.3 is 0 Å². The highest BCUT2D eigenvalue weighted by Gasteiger charge is 2.29. The van der Waals surface area contributed by atoms with Crippen LogP contribution in [0, 0.1) is 5.82 Å². The van der Waals surface area contributed by atoms with Crippen molar-refractivity contribution >= 4 is 17.5 Å². The Morgan fingerprint density at radius 3 is 2.55 bits per heavy atom. The fourth-order valence-electron chi connectivity index (χ4n) is 3.59. The summed E-state index contributed by atoms with van der Waals surface area (Å²) in [7, 11) is 1.58. The Kier molecular flexibility index (Phi) is 5.12. The lowest BCUT2D eigenvalue weighted by molar-refractivity contribution is -0.116.